The molecule has 1 saturated heterocycles. The van der Waals surface area contributed by atoms with E-state index in [1.54, 1.807) is 0 Å². The molecule has 1 aliphatic carbocycles. The summed E-state index contributed by atoms with van der Waals surface area (Å²) in [4.78, 5) is 11.9. The highest BCUT2D eigenvalue weighted by atomic mass is 16.3. The summed E-state index contributed by atoms with van der Waals surface area (Å²) < 4.78 is 0. The van der Waals surface area contributed by atoms with Gasteiger partial charge < -0.3 is 15.7 Å². The maximum atomic E-state index is 11.9. The third-order valence-electron chi connectivity index (χ3n) is 3.67. The number of hydrogen-bond donors (Lipinski definition) is 3. The monoisotopic (exact) mass is 226 g/mol. The summed E-state index contributed by atoms with van der Waals surface area (Å²) in [5.74, 6) is 0.154. The Labute approximate surface area is 96.8 Å². The van der Waals surface area contributed by atoms with E-state index in [0.29, 0.717) is 0 Å². The fourth-order valence-corrected chi connectivity index (χ4v) is 2.60. The number of aliphatic hydroxyl groups excluding tert-OH is 1. The molecule has 1 atom stereocenters. The molecular weight excluding hydrogens is 204 g/mol. The van der Waals surface area contributed by atoms with Crippen LogP contribution in [-0.2, 0) is 4.79 Å². The topological polar surface area (TPSA) is 61.4 Å². The number of amides is 1. The molecule has 92 valence electrons. The molecule has 0 aromatic rings. The van der Waals surface area contributed by atoms with Crippen molar-refractivity contribution in [3.05, 3.63) is 0 Å². The Bertz CT molecular complexity index is 231. The van der Waals surface area contributed by atoms with Crippen LogP contribution in [-0.4, -0.2) is 35.7 Å². The second kappa shape index (κ2) is 5.64. The standard InChI is InChI=1S/C12H22N2O2/c15-10-6-4-9(5-7-10)14-12(16)11-3-1-2-8-13-11/h9-11,13,15H,1-8H2,(H,14,16)/t9-,10-,11-/m0/s1. The predicted octanol–water partition coefficient (Wildman–Crippen LogP) is 0.548. The minimum absolute atomic E-state index is 0.0144. The Morgan fingerprint density at radius 1 is 1.12 bits per heavy atom. The largest absolute Gasteiger partial charge is 0.393 e. The van der Waals surface area contributed by atoms with Crippen molar-refractivity contribution >= 4 is 5.91 Å². The second-order valence-corrected chi connectivity index (χ2v) is 5.02. The zero-order chi connectivity index (χ0) is 11.4. The van der Waals surface area contributed by atoms with Crippen LogP contribution in [0.1, 0.15) is 44.9 Å². The lowest BCUT2D eigenvalue weighted by atomic mass is 9.92. The van der Waals surface area contributed by atoms with Crippen molar-refractivity contribution in [2.45, 2.75) is 63.1 Å². The molecule has 1 aliphatic heterocycles. The molecule has 2 fully saturated rings. The van der Waals surface area contributed by atoms with Gasteiger partial charge >= 0.3 is 0 Å². The summed E-state index contributed by atoms with van der Waals surface area (Å²) in [6, 6.07) is 0.292. The van der Waals surface area contributed by atoms with Crippen LogP contribution < -0.4 is 10.6 Å². The van der Waals surface area contributed by atoms with Crippen LogP contribution in [0.15, 0.2) is 0 Å². The molecular formula is C12H22N2O2. The van der Waals surface area contributed by atoms with E-state index in [9.17, 15) is 9.90 Å². The Hall–Kier alpha value is -0.610. The predicted molar refractivity (Wildman–Crippen MR) is 62.0 cm³/mol. The molecule has 1 heterocycles. The van der Waals surface area contributed by atoms with Crippen LogP contribution >= 0.6 is 0 Å². The number of carbonyl (C=O) groups excluding carboxylic acids is 1. The summed E-state index contributed by atoms with van der Waals surface area (Å²) in [5, 5.41) is 15.7. The van der Waals surface area contributed by atoms with E-state index < -0.39 is 0 Å². The van der Waals surface area contributed by atoms with Gasteiger partial charge in [-0.3, -0.25) is 4.79 Å². The van der Waals surface area contributed by atoms with E-state index >= 15 is 0 Å². The highest BCUT2D eigenvalue weighted by Crippen LogP contribution is 2.18. The molecule has 0 aromatic heterocycles. The van der Waals surface area contributed by atoms with Crippen LogP contribution in [0.2, 0.25) is 0 Å². The summed E-state index contributed by atoms with van der Waals surface area (Å²) in [7, 11) is 0. The maximum Gasteiger partial charge on any atom is 0.237 e. The van der Waals surface area contributed by atoms with E-state index in [-0.39, 0.29) is 24.1 Å². The quantitative estimate of drug-likeness (QED) is 0.644. The lowest BCUT2D eigenvalue weighted by Crippen LogP contribution is -2.50. The molecule has 0 radical (unpaired) electrons. The fourth-order valence-electron chi connectivity index (χ4n) is 2.60. The molecule has 3 N–H and O–H groups in total. The molecule has 0 bridgehead atoms. The molecule has 4 nitrogen and oxygen atoms in total. The first kappa shape index (κ1) is 11.9. The van der Waals surface area contributed by atoms with Gasteiger partial charge in [-0.15, -0.1) is 0 Å². The lowest BCUT2D eigenvalue weighted by molar-refractivity contribution is -0.124. The maximum absolute atomic E-state index is 11.9. The van der Waals surface area contributed by atoms with Gasteiger partial charge in [0.2, 0.25) is 5.91 Å². The number of rotatable bonds is 2. The van der Waals surface area contributed by atoms with Gasteiger partial charge in [-0.05, 0) is 45.1 Å². The molecule has 16 heavy (non-hydrogen) atoms. The van der Waals surface area contributed by atoms with Gasteiger partial charge in [0.1, 0.15) is 0 Å². The average molecular weight is 226 g/mol. The normalized spacial score (nSPS) is 35.7. The first-order valence-electron chi connectivity index (χ1n) is 6.47. The van der Waals surface area contributed by atoms with Gasteiger partial charge in [0.25, 0.3) is 0 Å². The van der Waals surface area contributed by atoms with E-state index in [4.69, 9.17) is 0 Å². The smallest absolute Gasteiger partial charge is 0.237 e. The molecule has 0 unspecified atom stereocenters. The van der Waals surface area contributed by atoms with Crippen molar-refractivity contribution in [3.63, 3.8) is 0 Å². The van der Waals surface area contributed by atoms with Crippen molar-refractivity contribution in [1.29, 1.82) is 0 Å². The van der Waals surface area contributed by atoms with Crippen molar-refractivity contribution in [1.82, 2.24) is 10.6 Å². The Morgan fingerprint density at radius 3 is 2.50 bits per heavy atom. The number of carbonyl (C=O) groups is 1. The minimum Gasteiger partial charge on any atom is -0.393 e. The lowest BCUT2D eigenvalue weighted by Gasteiger charge is -2.29. The third kappa shape index (κ3) is 3.19. The van der Waals surface area contributed by atoms with Gasteiger partial charge in [0, 0.05) is 6.04 Å². The molecule has 2 rings (SSSR count). The molecule has 2 aliphatic rings. The highest BCUT2D eigenvalue weighted by molar-refractivity contribution is 5.82. The zero-order valence-electron chi connectivity index (χ0n) is 9.74. The zero-order valence-corrected chi connectivity index (χ0v) is 9.74. The van der Waals surface area contributed by atoms with Crippen LogP contribution in [0.4, 0.5) is 0 Å². The van der Waals surface area contributed by atoms with Crippen LogP contribution in [0, 0.1) is 0 Å². The second-order valence-electron chi connectivity index (χ2n) is 5.02. The average Bonchev–Trinajstić information content (AvgIpc) is 2.33. The van der Waals surface area contributed by atoms with Crippen molar-refractivity contribution in [3.8, 4) is 0 Å². The Kier molecular flexibility index (Phi) is 4.18. The van der Waals surface area contributed by atoms with E-state index in [2.05, 4.69) is 10.6 Å². The fraction of sp³-hybridized carbons (Fsp3) is 0.917. The van der Waals surface area contributed by atoms with Gasteiger partial charge in [-0.25, -0.2) is 0 Å². The molecule has 1 amide bonds. The first-order chi connectivity index (χ1) is 7.75. The SMILES string of the molecule is O=C(N[C@H]1CC[C@H](O)CC1)[C@@H]1CCCCN1. The molecule has 0 spiro atoms. The van der Waals surface area contributed by atoms with Crippen molar-refractivity contribution < 1.29 is 9.90 Å². The Balaban J connectivity index is 1.73. The van der Waals surface area contributed by atoms with Gasteiger partial charge in [-0.2, -0.15) is 0 Å². The van der Waals surface area contributed by atoms with Crippen molar-refractivity contribution in [2.75, 3.05) is 6.54 Å². The summed E-state index contributed by atoms with van der Waals surface area (Å²) in [5.41, 5.74) is 0. The van der Waals surface area contributed by atoms with Gasteiger partial charge in [0.15, 0.2) is 0 Å². The number of hydrogen-bond acceptors (Lipinski definition) is 3. The third-order valence-corrected chi connectivity index (χ3v) is 3.67. The molecule has 0 aromatic carbocycles. The highest BCUT2D eigenvalue weighted by Gasteiger charge is 2.25. The molecule has 1 saturated carbocycles. The van der Waals surface area contributed by atoms with Crippen LogP contribution in [0.25, 0.3) is 0 Å². The van der Waals surface area contributed by atoms with Crippen LogP contribution in [0.5, 0.6) is 0 Å². The minimum atomic E-state index is -0.152. The summed E-state index contributed by atoms with van der Waals surface area (Å²) >= 11 is 0. The molecule has 4 heteroatoms. The summed E-state index contributed by atoms with van der Waals surface area (Å²) in [6.07, 6.45) is 6.61. The van der Waals surface area contributed by atoms with Crippen LogP contribution in [0.3, 0.4) is 0 Å². The van der Waals surface area contributed by atoms with Gasteiger partial charge in [-0.1, -0.05) is 6.42 Å². The van der Waals surface area contributed by atoms with Crippen molar-refractivity contribution in [2.24, 2.45) is 0 Å². The van der Waals surface area contributed by atoms with Gasteiger partial charge in [0.05, 0.1) is 12.1 Å². The number of nitrogens with one attached hydrogen (secondary N) is 2. The Morgan fingerprint density at radius 2 is 1.88 bits per heavy atom. The number of aliphatic hydroxyl groups is 1. The first-order valence-corrected chi connectivity index (χ1v) is 6.47. The summed E-state index contributed by atoms with van der Waals surface area (Å²) in [6.45, 7) is 0.960. The van der Waals surface area contributed by atoms with E-state index in [0.717, 1.165) is 45.1 Å². The number of piperidine rings is 1. The van der Waals surface area contributed by atoms with E-state index in [1.165, 1.54) is 6.42 Å². The van der Waals surface area contributed by atoms with E-state index in [1.807, 2.05) is 0 Å².